The highest BCUT2D eigenvalue weighted by Crippen LogP contribution is 2.16. The molecule has 0 bridgehead atoms. The molecule has 0 fully saturated rings. The van der Waals surface area contributed by atoms with Crippen LogP contribution < -0.4 is 5.43 Å². The second-order valence-corrected chi connectivity index (χ2v) is 5.13. The highest BCUT2D eigenvalue weighted by molar-refractivity contribution is 6.02. The summed E-state index contributed by atoms with van der Waals surface area (Å²) in [5.74, 6) is -0.238. The first-order valence-corrected chi connectivity index (χ1v) is 6.82. The lowest BCUT2D eigenvalue weighted by Gasteiger charge is -2.09. The molecule has 108 valence electrons. The van der Waals surface area contributed by atoms with Gasteiger partial charge >= 0.3 is 0 Å². The lowest BCUT2D eigenvalue weighted by atomic mass is 9.98. The van der Waals surface area contributed by atoms with Crippen LogP contribution in [-0.4, -0.2) is 16.6 Å². The van der Waals surface area contributed by atoms with Gasteiger partial charge in [0, 0.05) is 23.5 Å². The first-order valence-electron chi connectivity index (χ1n) is 6.82. The van der Waals surface area contributed by atoms with Gasteiger partial charge in [0.05, 0.1) is 5.71 Å². The molecule has 0 spiro atoms. The van der Waals surface area contributed by atoms with Crippen LogP contribution in [0, 0.1) is 20.8 Å². The predicted molar refractivity (Wildman–Crippen MR) is 84.6 cm³/mol. The second kappa shape index (κ2) is 6.31. The Morgan fingerprint density at radius 1 is 1.05 bits per heavy atom. The van der Waals surface area contributed by atoms with Crippen molar-refractivity contribution >= 4 is 11.6 Å². The molecule has 1 amide bonds. The molecule has 21 heavy (non-hydrogen) atoms. The third kappa shape index (κ3) is 3.54. The van der Waals surface area contributed by atoms with Crippen LogP contribution >= 0.6 is 0 Å². The maximum Gasteiger partial charge on any atom is 0.271 e. The van der Waals surface area contributed by atoms with Gasteiger partial charge < -0.3 is 0 Å². The van der Waals surface area contributed by atoms with Crippen molar-refractivity contribution in [3.8, 4) is 0 Å². The van der Waals surface area contributed by atoms with Gasteiger partial charge in [0.1, 0.15) is 0 Å². The van der Waals surface area contributed by atoms with Gasteiger partial charge in [-0.25, -0.2) is 5.43 Å². The van der Waals surface area contributed by atoms with Crippen LogP contribution in [0.5, 0.6) is 0 Å². The Morgan fingerprint density at radius 3 is 2.33 bits per heavy atom. The van der Waals surface area contributed by atoms with Crippen LogP contribution in [-0.2, 0) is 0 Å². The molecule has 0 aliphatic heterocycles. The van der Waals surface area contributed by atoms with Crippen molar-refractivity contribution in [2.75, 3.05) is 0 Å². The molecule has 4 heteroatoms. The third-order valence-corrected chi connectivity index (χ3v) is 3.50. The average molecular weight is 281 g/mol. The molecule has 2 rings (SSSR count). The maximum atomic E-state index is 11.9. The zero-order valence-corrected chi connectivity index (χ0v) is 12.8. The molecule has 0 radical (unpaired) electrons. The highest BCUT2D eigenvalue weighted by Gasteiger charge is 2.07. The Hall–Kier alpha value is -2.49. The number of nitrogens with zero attached hydrogens (tertiary/aromatic N) is 2. The molecule has 1 heterocycles. The largest absolute Gasteiger partial charge is 0.271 e. The molecule has 0 atom stereocenters. The molecule has 0 aliphatic rings. The summed E-state index contributed by atoms with van der Waals surface area (Å²) in [5, 5.41) is 4.20. The number of aryl methyl sites for hydroxylation is 3. The minimum absolute atomic E-state index is 0.238. The average Bonchev–Trinajstić information content (AvgIpc) is 2.49. The van der Waals surface area contributed by atoms with Crippen LogP contribution in [0.1, 0.15) is 39.5 Å². The number of carbonyl (C=O) groups excluding carboxylic acids is 1. The van der Waals surface area contributed by atoms with Crippen LogP contribution in [0.25, 0.3) is 0 Å². The second-order valence-electron chi connectivity index (χ2n) is 5.13. The highest BCUT2D eigenvalue weighted by atomic mass is 16.2. The summed E-state index contributed by atoms with van der Waals surface area (Å²) in [6.45, 7) is 8.10. The van der Waals surface area contributed by atoms with E-state index in [-0.39, 0.29) is 5.91 Å². The molecule has 0 unspecified atom stereocenters. The maximum absolute atomic E-state index is 11.9. The fraction of sp³-hybridized carbons (Fsp3) is 0.235. The number of aromatic nitrogens is 1. The quantitative estimate of drug-likeness (QED) is 0.694. The molecular weight excluding hydrogens is 262 g/mol. The molecule has 0 aliphatic carbocycles. The fourth-order valence-corrected chi connectivity index (χ4v) is 2.11. The van der Waals surface area contributed by atoms with E-state index in [9.17, 15) is 4.79 Å². The van der Waals surface area contributed by atoms with Crippen LogP contribution in [0.2, 0.25) is 0 Å². The number of hydrogen-bond acceptors (Lipinski definition) is 3. The van der Waals surface area contributed by atoms with Gasteiger partial charge in [-0.2, -0.15) is 5.10 Å². The van der Waals surface area contributed by atoms with Crippen molar-refractivity contribution in [3.05, 3.63) is 64.5 Å². The van der Waals surface area contributed by atoms with Gasteiger partial charge in [0.25, 0.3) is 5.91 Å². The van der Waals surface area contributed by atoms with E-state index in [0.29, 0.717) is 5.56 Å². The predicted octanol–water partition coefficient (Wildman–Crippen LogP) is 3.16. The minimum Gasteiger partial charge on any atom is -0.267 e. The number of amides is 1. The van der Waals surface area contributed by atoms with Crippen molar-refractivity contribution in [2.24, 2.45) is 5.10 Å². The molecule has 4 nitrogen and oxygen atoms in total. The van der Waals surface area contributed by atoms with E-state index in [0.717, 1.165) is 16.8 Å². The van der Waals surface area contributed by atoms with Crippen molar-refractivity contribution in [1.82, 2.24) is 10.4 Å². The lowest BCUT2D eigenvalue weighted by molar-refractivity contribution is 0.0954. The molecule has 1 aromatic heterocycles. The lowest BCUT2D eigenvalue weighted by Crippen LogP contribution is -2.19. The number of carbonyl (C=O) groups is 1. The first-order chi connectivity index (χ1) is 9.99. The molecule has 2 aromatic rings. The summed E-state index contributed by atoms with van der Waals surface area (Å²) in [5.41, 5.74) is 8.58. The first kappa shape index (κ1) is 14.9. The molecule has 0 saturated carbocycles. The Kier molecular flexibility index (Phi) is 4.48. The number of rotatable bonds is 3. The van der Waals surface area contributed by atoms with E-state index in [1.807, 2.05) is 13.8 Å². The minimum atomic E-state index is -0.238. The van der Waals surface area contributed by atoms with Gasteiger partial charge in [0.15, 0.2) is 0 Å². The van der Waals surface area contributed by atoms with Crippen molar-refractivity contribution in [2.45, 2.75) is 27.7 Å². The van der Waals surface area contributed by atoms with Crippen LogP contribution in [0.3, 0.4) is 0 Å². The Balaban J connectivity index is 2.19. The molecule has 1 aromatic carbocycles. The van der Waals surface area contributed by atoms with E-state index in [2.05, 4.69) is 41.5 Å². The summed E-state index contributed by atoms with van der Waals surface area (Å²) >= 11 is 0. The van der Waals surface area contributed by atoms with Gasteiger partial charge in [-0.3, -0.25) is 9.78 Å². The summed E-state index contributed by atoms with van der Waals surface area (Å²) in [6.07, 6.45) is 3.16. The Labute approximate surface area is 124 Å². The van der Waals surface area contributed by atoms with E-state index < -0.39 is 0 Å². The van der Waals surface area contributed by atoms with E-state index in [4.69, 9.17) is 0 Å². The summed E-state index contributed by atoms with van der Waals surface area (Å²) in [6, 6.07) is 7.54. The topological polar surface area (TPSA) is 54.4 Å². The smallest absolute Gasteiger partial charge is 0.267 e. The summed E-state index contributed by atoms with van der Waals surface area (Å²) in [4.78, 5) is 15.8. The Morgan fingerprint density at radius 2 is 1.67 bits per heavy atom. The van der Waals surface area contributed by atoms with Crippen molar-refractivity contribution < 1.29 is 4.79 Å². The number of benzene rings is 1. The summed E-state index contributed by atoms with van der Waals surface area (Å²) in [7, 11) is 0. The fourth-order valence-electron chi connectivity index (χ4n) is 2.11. The van der Waals surface area contributed by atoms with Gasteiger partial charge in [-0.05, 0) is 62.6 Å². The molecular formula is C17H19N3O. The van der Waals surface area contributed by atoms with Crippen molar-refractivity contribution in [3.63, 3.8) is 0 Å². The SMILES string of the molecule is C/C(=N/NC(=O)c1ccncc1)c1cc(C)c(C)cc1C. The Bertz CT molecular complexity index is 691. The number of nitrogens with one attached hydrogen (secondary N) is 1. The normalized spacial score (nSPS) is 11.3. The standard InChI is InChI=1S/C17H19N3O/c1-11-9-13(3)16(10-12(11)2)14(4)19-20-17(21)15-5-7-18-8-6-15/h5-10H,1-4H3,(H,20,21)/b19-14-. The third-order valence-electron chi connectivity index (χ3n) is 3.50. The van der Waals surface area contributed by atoms with Crippen LogP contribution in [0.4, 0.5) is 0 Å². The van der Waals surface area contributed by atoms with Gasteiger partial charge in [-0.15, -0.1) is 0 Å². The van der Waals surface area contributed by atoms with E-state index in [1.54, 1.807) is 24.5 Å². The van der Waals surface area contributed by atoms with Crippen molar-refractivity contribution in [1.29, 1.82) is 0 Å². The van der Waals surface area contributed by atoms with Crippen LogP contribution in [0.15, 0.2) is 41.8 Å². The van der Waals surface area contributed by atoms with Gasteiger partial charge in [-0.1, -0.05) is 6.07 Å². The van der Waals surface area contributed by atoms with E-state index in [1.165, 1.54) is 11.1 Å². The van der Waals surface area contributed by atoms with Gasteiger partial charge in [0.2, 0.25) is 0 Å². The number of hydrogen-bond donors (Lipinski definition) is 1. The zero-order valence-electron chi connectivity index (χ0n) is 12.8. The molecule has 0 saturated heterocycles. The number of hydrazone groups is 1. The number of pyridine rings is 1. The zero-order chi connectivity index (χ0) is 15.4. The van der Waals surface area contributed by atoms with E-state index >= 15 is 0 Å². The molecule has 1 N–H and O–H groups in total. The monoisotopic (exact) mass is 281 g/mol. The summed E-state index contributed by atoms with van der Waals surface area (Å²) < 4.78 is 0.